The Balaban J connectivity index is 0.00000243. The third-order valence-corrected chi connectivity index (χ3v) is 6.11. The Labute approximate surface area is 175 Å². The smallest absolute Gasteiger partial charge is 0.316 e. The van der Waals surface area contributed by atoms with E-state index in [1.165, 1.54) is 19.5 Å². The number of carbonyl (C=O) groups is 1. The summed E-state index contributed by atoms with van der Waals surface area (Å²) < 4.78 is 6.90. The van der Waals surface area contributed by atoms with Gasteiger partial charge in [-0.15, -0.1) is 0 Å². The van der Waals surface area contributed by atoms with Crippen molar-refractivity contribution in [3.05, 3.63) is 35.9 Å². The molecule has 1 aromatic rings. The van der Waals surface area contributed by atoms with E-state index in [-0.39, 0.29) is 29.9 Å². The predicted octanol–water partition coefficient (Wildman–Crippen LogP) is -0.172. The van der Waals surface area contributed by atoms with Crippen LogP contribution < -0.4 is 24.0 Å². The van der Waals surface area contributed by atoms with E-state index < -0.39 is 5.41 Å². The summed E-state index contributed by atoms with van der Waals surface area (Å²) in [4.78, 5) is 15.4. The zero-order valence-corrected chi connectivity index (χ0v) is 18.4. The van der Waals surface area contributed by atoms with Crippen LogP contribution in [0, 0.1) is 0 Å². The van der Waals surface area contributed by atoms with Crippen molar-refractivity contribution in [1.82, 2.24) is 4.90 Å². The lowest BCUT2D eigenvalue weighted by atomic mass is 9.69. The number of carbonyl (C=O) groups excluding carboxylic acids is 1. The Kier molecular flexibility index (Phi) is 7.91. The van der Waals surface area contributed by atoms with E-state index in [9.17, 15) is 4.79 Å². The number of benzene rings is 1. The molecule has 2 aliphatic rings. The minimum absolute atomic E-state index is 0. The predicted molar refractivity (Wildman–Crippen MR) is 100 cm³/mol. The van der Waals surface area contributed by atoms with Crippen LogP contribution in [0.1, 0.15) is 37.7 Å². The SMILES string of the molecule is C[N+]1(C)CCN(CCOC(=O)C2(c3ccccc3)CCCCC2)CC1.[I-]. The van der Waals surface area contributed by atoms with Crippen molar-refractivity contribution in [1.29, 1.82) is 0 Å². The number of esters is 1. The molecule has 5 heteroatoms. The van der Waals surface area contributed by atoms with Crippen LogP contribution in [0.4, 0.5) is 0 Å². The van der Waals surface area contributed by atoms with Crippen LogP contribution in [-0.4, -0.2) is 68.8 Å². The Morgan fingerprint density at radius 2 is 1.69 bits per heavy atom. The molecule has 1 saturated heterocycles. The van der Waals surface area contributed by atoms with Crippen molar-refractivity contribution in [2.24, 2.45) is 0 Å². The van der Waals surface area contributed by atoms with Gasteiger partial charge in [-0.3, -0.25) is 9.69 Å². The van der Waals surface area contributed by atoms with Crippen LogP contribution in [0.25, 0.3) is 0 Å². The number of piperazine rings is 1. The highest BCUT2D eigenvalue weighted by atomic mass is 127. The molecule has 146 valence electrons. The van der Waals surface area contributed by atoms with Crippen LogP contribution >= 0.6 is 0 Å². The molecule has 1 heterocycles. The van der Waals surface area contributed by atoms with Crippen molar-refractivity contribution in [3.8, 4) is 0 Å². The van der Waals surface area contributed by atoms with Crippen molar-refractivity contribution in [3.63, 3.8) is 0 Å². The number of rotatable bonds is 5. The maximum Gasteiger partial charge on any atom is 0.316 e. The summed E-state index contributed by atoms with van der Waals surface area (Å²) in [6.07, 6.45) is 5.30. The average Bonchev–Trinajstić information content (AvgIpc) is 2.64. The lowest BCUT2D eigenvalue weighted by molar-refractivity contribution is -0.894. The molecule has 26 heavy (non-hydrogen) atoms. The van der Waals surface area contributed by atoms with Crippen LogP contribution in [0.2, 0.25) is 0 Å². The molecule has 0 aromatic heterocycles. The van der Waals surface area contributed by atoms with Crippen LogP contribution in [0.15, 0.2) is 30.3 Å². The van der Waals surface area contributed by atoms with Gasteiger partial charge in [0.2, 0.25) is 0 Å². The molecular formula is C21H33IN2O2. The Hall–Kier alpha value is -0.660. The number of halogens is 1. The molecule has 1 aliphatic carbocycles. The third-order valence-electron chi connectivity index (χ3n) is 6.11. The molecule has 0 N–H and O–H groups in total. The Bertz CT molecular complexity index is 561. The second kappa shape index (κ2) is 9.51. The van der Waals surface area contributed by atoms with E-state index in [0.717, 1.165) is 55.4 Å². The van der Waals surface area contributed by atoms with Crippen molar-refractivity contribution in [2.45, 2.75) is 37.5 Å². The fourth-order valence-corrected chi connectivity index (χ4v) is 4.20. The summed E-state index contributed by atoms with van der Waals surface area (Å²) in [5.41, 5.74) is 0.719. The number of hydrogen-bond donors (Lipinski definition) is 0. The second-order valence-electron chi connectivity index (χ2n) is 8.37. The maximum atomic E-state index is 13.0. The zero-order chi connectivity index (χ0) is 17.8. The lowest BCUT2D eigenvalue weighted by Crippen LogP contribution is -3.00. The summed E-state index contributed by atoms with van der Waals surface area (Å²) in [7, 11) is 4.56. The Morgan fingerprint density at radius 3 is 2.31 bits per heavy atom. The van der Waals surface area contributed by atoms with E-state index in [4.69, 9.17) is 4.74 Å². The normalized spacial score (nSPS) is 22.2. The number of hydrogen-bond acceptors (Lipinski definition) is 3. The van der Waals surface area contributed by atoms with E-state index in [1.54, 1.807) is 0 Å². The third kappa shape index (κ3) is 5.20. The molecule has 1 saturated carbocycles. The number of nitrogens with zero attached hydrogens (tertiary/aromatic N) is 2. The van der Waals surface area contributed by atoms with Gasteiger partial charge in [-0.2, -0.15) is 0 Å². The number of ether oxygens (including phenoxy) is 1. The largest absolute Gasteiger partial charge is 1.00 e. The molecule has 4 nitrogen and oxygen atoms in total. The summed E-state index contributed by atoms with van der Waals surface area (Å²) in [5.74, 6) is -0.00785. The summed E-state index contributed by atoms with van der Waals surface area (Å²) in [6.45, 7) is 5.89. The van der Waals surface area contributed by atoms with E-state index >= 15 is 0 Å². The molecular weight excluding hydrogens is 439 g/mol. The molecule has 0 atom stereocenters. The van der Waals surface area contributed by atoms with Gasteiger partial charge in [0, 0.05) is 19.6 Å². The highest BCUT2D eigenvalue weighted by Crippen LogP contribution is 2.40. The van der Waals surface area contributed by atoms with Gasteiger partial charge in [0.15, 0.2) is 0 Å². The molecule has 0 amide bonds. The molecule has 1 aliphatic heterocycles. The average molecular weight is 472 g/mol. The summed E-state index contributed by atoms with van der Waals surface area (Å²) in [5, 5.41) is 0. The van der Waals surface area contributed by atoms with Crippen molar-refractivity contribution in [2.75, 3.05) is 53.4 Å². The number of quaternary nitrogens is 1. The van der Waals surface area contributed by atoms with Crippen molar-refractivity contribution >= 4 is 5.97 Å². The van der Waals surface area contributed by atoms with Crippen molar-refractivity contribution < 1.29 is 38.0 Å². The van der Waals surface area contributed by atoms with Gasteiger partial charge in [0.05, 0.1) is 32.6 Å². The molecule has 2 fully saturated rings. The van der Waals surface area contributed by atoms with Crippen LogP contribution in [0.3, 0.4) is 0 Å². The molecule has 0 bridgehead atoms. The van der Waals surface area contributed by atoms with Gasteiger partial charge in [0.25, 0.3) is 0 Å². The first-order valence-corrected chi connectivity index (χ1v) is 9.79. The topological polar surface area (TPSA) is 29.5 Å². The van der Waals surface area contributed by atoms with Gasteiger partial charge in [0.1, 0.15) is 6.61 Å². The number of likely N-dealkylation sites (N-methyl/N-ethyl adjacent to an activating group) is 1. The van der Waals surface area contributed by atoms with E-state index in [0.29, 0.717) is 6.61 Å². The van der Waals surface area contributed by atoms with Gasteiger partial charge in [-0.05, 0) is 18.4 Å². The highest BCUT2D eigenvalue weighted by molar-refractivity contribution is 5.83. The first-order chi connectivity index (χ1) is 12.0. The zero-order valence-electron chi connectivity index (χ0n) is 16.3. The second-order valence-corrected chi connectivity index (χ2v) is 8.37. The first kappa shape index (κ1) is 21.6. The fourth-order valence-electron chi connectivity index (χ4n) is 4.20. The molecule has 3 rings (SSSR count). The summed E-state index contributed by atoms with van der Waals surface area (Å²) in [6, 6.07) is 10.3. The quantitative estimate of drug-likeness (QED) is 0.339. The van der Waals surface area contributed by atoms with Gasteiger partial charge in [-0.25, -0.2) is 0 Å². The maximum absolute atomic E-state index is 13.0. The van der Waals surface area contributed by atoms with Crippen LogP contribution in [0.5, 0.6) is 0 Å². The summed E-state index contributed by atoms with van der Waals surface area (Å²) >= 11 is 0. The Morgan fingerprint density at radius 1 is 1.08 bits per heavy atom. The first-order valence-electron chi connectivity index (χ1n) is 9.79. The monoisotopic (exact) mass is 472 g/mol. The standard InChI is InChI=1S/C21H33N2O2.HI/c1-23(2)16-13-22(14-17-23)15-18-25-20(24)21(11-7-4-8-12-21)19-9-5-3-6-10-19;/h3,5-6,9-10H,4,7-8,11-18H2,1-2H3;1H/q+1;/p-1. The molecule has 0 unspecified atom stereocenters. The molecule has 0 spiro atoms. The van der Waals surface area contributed by atoms with Gasteiger partial charge in [-0.1, -0.05) is 49.6 Å². The minimum Gasteiger partial charge on any atom is -1.00 e. The fraction of sp³-hybridized carbons (Fsp3) is 0.667. The van der Waals surface area contributed by atoms with Gasteiger partial charge < -0.3 is 33.2 Å². The lowest BCUT2D eigenvalue weighted by Gasteiger charge is -2.39. The van der Waals surface area contributed by atoms with E-state index in [1.807, 2.05) is 18.2 Å². The minimum atomic E-state index is -0.416. The van der Waals surface area contributed by atoms with E-state index in [2.05, 4.69) is 31.1 Å². The molecule has 0 radical (unpaired) electrons. The van der Waals surface area contributed by atoms with Crippen LogP contribution in [-0.2, 0) is 14.9 Å². The molecule has 1 aromatic carbocycles. The van der Waals surface area contributed by atoms with Gasteiger partial charge >= 0.3 is 5.97 Å². The highest BCUT2D eigenvalue weighted by Gasteiger charge is 2.42.